The van der Waals surface area contributed by atoms with Crippen LogP contribution in [-0.2, 0) is 0 Å². The van der Waals surface area contributed by atoms with Crippen molar-refractivity contribution >= 4 is 53.1 Å². The fraction of sp³-hybridized carbons (Fsp3) is 0. The average Bonchev–Trinajstić information content (AvgIpc) is 3.40. The molecule has 0 unspecified atom stereocenters. The first-order valence-electron chi connectivity index (χ1n) is 13.4. The Kier molecular flexibility index (Phi) is 5.11. The van der Waals surface area contributed by atoms with Crippen LogP contribution >= 0.6 is 11.3 Å². The molecule has 1 heteroatoms. The van der Waals surface area contributed by atoms with E-state index in [2.05, 4.69) is 146 Å². The normalized spacial score (nSPS) is 11.6. The molecular weight excluding hydrogens is 488 g/mol. The van der Waals surface area contributed by atoms with Crippen molar-refractivity contribution in [3.05, 3.63) is 146 Å². The molecule has 0 radical (unpaired) electrons. The Labute approximate surface area is 231 Å². The number of benzene rings is 7. The van der Waals surface area contributed by atoms with Crippen molar-refractivity contribution < 1.29 is 0 Å². The lowest BCUT2D eigenvalue weighted by Gasteiger charge is -2.18. The van der Waals surface area contributed by atoms with E-state index in [1.54, 1.807) is 0 Å². The summed E-state index contributed by atoms with van der Waals surface area (Å²) in [4.78, 5) is 0. The van der Waals surface area contributed by atoms with Crippen molar-refractivity contribution in [1.29, 1.82) is 0 Å². The van der Waals surface area contributed by atoms with E-state index in [4.69, 9.17) is 0 Å². The van der Waals surface area contributed by atoms with Gasteiger partial charge in [-0.1, -0.05) is 133 Å². The third-order valence-electron chi connectivity index (χ3n) is 7.87. The largest absolute Gasteiger partial charge is 0.135 e. The van der Waals surface area contributed by atoms with Crippen molar-refractivity contribution in [3.63, 3.8) is 0 Å². The van der Waals surface area contributed by atoms with Gasteiger partial charge in [-0.05, 0) is 67.1 Å². The summed E-state index contributed by atoms with van der Waals surface area (Å²) in [5.41, 5.74) is 7.72. The molecule has 0 aliphatic carbocycles. The molecular formula is C38H24S. The van der Waals surface area contributed by atoms with Gasteiger partial charge in [0.2, 0.25) is 0 Å². The van der Waals surface area contributed by atoms with Gasteiger partial charge in [0.15, 0.2) is 0 Å². The summed E-state index contributed by atoms with van der Waals surface area (Å²) in [5, 5.41) is 7.85. The first-order valence-corrected chi connectivity index (χ1v) is 14.2. The molecule has 39 heavy (non-hydrogen) atoms. The van der Waals surface area contributed by atoms with Crippen molar-refractivity contribution in [2.45, 2.75) is 0 Å². The maximum absolute atomic E-state index is 2.33. The summed E-state index contributed by atoms with van der Waals surface area (Å²) in [7, 11) is 0. The van der Waals surface area contributed by atoms with Gasteiger partial charge < -0.3 is 0 Å². The Morgan fingerprint density at radius 2 is 0.744 bits per heavy atom. The highest BCUT2D eigenvalue weighted by Gasteiger charge is 2.20. The molecule has 1 aromatic heterocycles. The third kappa shape index (κ3) is 3.44. The van der Waals surface area contributed by atoms with Gasteiger partial charge in [0.1, 0.15) is 0 Å². The Hall–Kier alpha value is -4.72. The average molecular weight is 513 g/mol. The molecule has 8 aromatic rings. The van der Waals surface area contributed by atoms with Crippen LogP contribution in [0.4, 0.5) is 0 Å². The van der Waals surface area contributed by atoms with Gasteiger partial charge >= 0.3 is 0 Å². The van der Waals surface area contributed by atoms with E-state index in [9.17, 15) is 0 Å². The Balaban J connectivity index is 1.56. The van der Waals surface area contributed by atoms with Crippen LogP contribution in [0.1, 0.15) is 0 Å². The van der Waals surface area contributed by atoms with Crippen LogP contribution in [0, 0.1) is 0 Å². The van der Waals surface area contributed by atoms with Crippen molar-refractivity contribution in [1.82, 2.24) is 0 Å². The van der Waals surface area contributed by atoms with Crippen LogP contribution in [0.15, 0.2) is 146 Å². The van der Waals surface area contributed by atoms with E-state index >= 15 is 0 Å². The standard InChI is InChI=1S/C38H24S/c1-3-13-25(14-4-1)27-21-11-23-33-37(27)38-32(22-12-24-34(38)39-33)36-30-19-9-7-17-28(30)35(26-15-5-2-6-16-26)29-18-8-10-20-31(29)36/h1-24H. The fourth-order valence-corrected chi connectivity index (χ4v) is 7.43. The van der Waals surface area contributed by atoms with Crippen LogP contribution in [0.5, 0.6) is 0 Å². The van der Waals surface area contributed by atoms with Gasteiger partial charge in [0.25, 0.3) is 0 Å². The van der Waals surface area contributed by atoms with E-state index in [1.165, 1.54) is 75.1 Å². The molecule has 0 aliphatic rings. The Morgan fingerprint density at radius 3 is 1.31 bits per heavy atom. The van der Waals surface area contributed by atoms with E-state index in [0.717, 1.165) is 0 Å². The minimum absolute atomic E-state index is 1.25. The first kappa shape index (κ1) is 22.3. The molecule has 0 saturated heterocycles. The highest BCUT2D eigenvalue weighted by atomic mass is 32.1. The Bertz CT molecular complexity index is 2090. The lowest BCUT2D eigenvalue weighted by Crippen LogP contribution is -1.91. The summed E-state index contributed by atoms with van der Waals surface area (Å²) in [6.07, 6.45) is 0. The molecule has 0 bridgehead atoms. The van der Waals surface area contributed by atoms with Crippen LogP contribution in [0.25, 0.3) is 75.1 Å². The van der Waals surface area contributed by atoms with E-state index in [0.29, 0.717) is 0 Å². The summed E-state index contributed by atoms with van der Waals surface area (Å²) in [5.74, 6) is 0. The molecule has 0 amide bonds. The van der Waals surface area contributed by atoms with Crippen LogP contribution in [0.3, 0.4) is 0 Å². The van der Waals surface area contributed by atoms with Gasteiger partial charge in [0.05, 0.1) is 0 Å². The van der Waals surface area contributed by atoms with Gasteiger partial charge in [-0.25, -0.2) is 0 Å². The fourth-order valence-electron chi connectivity index (χ4n) is 6.27. The van der Waals surface area contributed by atoms with E-state index < -0.39 is 0 Å². The zero-order chi connectivity index (χ0) is 25.8. The van der Waals surface area contributed by atoms with Gasteiger partial charge in [-0.2, -0.15) is 0 Å². The molecule has 182 valence electrons. The van der Waals surface area contributed by atoms with Crippen LogP contribution in [-0.4, -0.2) is 0 Å². The predicted molar refractivity (Wildman–Crippen MR) is 171 cm³/mol. The summed E-state index contributed by atoms with van der Waals surface area (Å²) >= 11 is 1.89. The van der Waals surface area contributed by atoms with Gasteiger partial charge in [-0.3, -0.25) is 0 Å². The monoisotopic (exact) mass is 512 g/mol. The molecule has 0 fully saturated rings. The molecule has 0 nitrogen and oxygen atoms in total. The predicted octanol–water partition coefficient (Wildman–Crippen LogP) is 11.4. The van der Waals surface area contributed by atoms with Crippen LogP contribution < -0.4 is 0 Å². The zero-order valence-electron chi connectivity index (χ0n) is 21.3. The maximum atomic E-state index is 2.33. The zero-order valence-corrected chi connectivity index (χ0v) is 22.1. The van der Waals surface area contributed by atoms with E-state index in [-0.39, 0.29) is 0 Å². The lowest BCUT2D eigenvalue weighted by atomic mass is 9.84. The first-order chi connectivity index (χ1) is 19.4. The second-order valence-corrected chi connectivity index (χ2v) is 11.1. The van der Waals surface area contributed by atoms with E-state index in [1.807, 2.05) is 11.3 Å². The molecule has 1 heterocycles. The second-order valence-electron chi connectivity index (χ2n) is 10.0. The van der Waals surface area contributed by atoms with Crippen molar-refractivity contribution in [2.24, 2.45) is 0 Å². The molecule has 0 spiro atoms. The molecule has 8 rings (SSSR count). The van der Waals surface area contributed by atoms with Crippen molar-refractivity contribution in [3.8, 4) is 33.4 Å². The third-order valence-corrected chi connectivity index (χ3v) is 8.99. The highest BCUT2D eigenvalue weighted by Crippen LogP contribution is 2.49. The molecule has 0 aliphatic heterocycles. The Morgan fingerprint density at radius 1 is 0.308 bits per heavy atom. The molecule has 0 N–H and O–H groups in total. The summed E-state index contributed by atoms with van der Waals surface area (Å²) < 4.78 is 2.65. The minimum Gasteiger partial charge on any atom is -0.135 e. The lowest BCUT2D eigenvalue weighted by molar-refractivity contribution is 1.66. The SMILES string of the molecule is c1ccc(-c2c3ccccc3c(-c3cccc4sc5cccc(-c6ccccc6)c5c34)c3ccccc23)cc1. The smallest absolute Gasteiger partial charge is 0.0361 e. The topological polar surface area (TPSA) is 0 Å². The summed E-state index contributed by atoms with van der Waals surface area (Å²) in [6, 6.07) is 53.1. The van der Waals surface area contributed by atoms with Crippen molar-refractivity contribution in [2.75, 3.05) is 0 Å². The second kappa shape index (κ2) is 8.94. The highest BCUT2D eigenvalue weighted by molar-refractivity contribution is 7.26. The maximum Gasteiger partial charge on any atom is 0.0361 e. The van der Waals surface area contributed by atoms with Gasteiger partial charge in [-0.15, -0.1) is 11.3 Å². The number of fused-ring (bicyclic) bond motifs is 5. The summed E-state index contributed by atoms with van der Waals surface area (Å²) in [6.45, 7) is 0. The number of thiophene rings is 1. The molecule has 7 aromatic carbocycles. The van der Waals surface area contributed by atoms with Crippen LogP contribution in [0.2, 0.25) is 0 Å². The number of hydrogen-bond donors (Lipinski definition) is 0. The minimum atomic E-state index is 1.25. The number of hydrogen-bond acceptors (Lipinski definition) is 1. The molecule has 0 saturated carbocycles. The quantitative estimate of drug-likeness (QED) is 0.207. The van der Waals surface area contributed by atoms with Gasteiger partial charge in [0, 0.05) is 20.2 Å². The number of rotatable bonds is 3. The molecule has 0 atom stereocenters.